The van der Waals surface area contributed by atoms with Gasteiger partial charge in [0.2, 0.25) is 10.0 Å². The summed E-state index contributed by atoms with van der Waals surface area (Å²) in [5.74, 6) is -3.13. The molecule has 0 aliphatic heterocycles. The summed E-state index contributed by atoms with van der Waals surface area (Å²) in [6, 6.07) is 9.91. The summed E-state index contributed by atoms with van der Waals surface area (Å²) in [6.07, 6.45) is -0.316. The summed E-state index contributed by atoms with van der Waals surface area (Å²) >= 11 is 0. The van der Waals surface area contributed by atoms with Gasteiger partial charge in [0.25, 0.3) is 0 Å². The minimum absolute atomic E-state index is 0. The highest BCUT2D eigenvalue weighted by atomic mass is 35.5. The van der Waals surface area contributed by atoms with Crippen molar-refractivity contribution >= 4 is 40.2 Å². The number of carboxylic acids is 2. The van der Waals surface area contributed by atoms with Crippen LogP contribution in [-0.4, -0.2) is 38.3 Å². The molecule has 2 aromatic carbocycles. The number of halogens is 1. The van der Waals surface area contributed by atoms with Gasteiger partial charge in [0.15, 0.2) is 5.75 Å². The summed E-state index contributed by atoms with van der Waals surface area (Å²) in [4.78, 5) is 32.0. The number of rotatable bonds is 12. The molecule has 0 aliphatic carbocycles. The van der Waals surface area contributed by atoms with Crippen LogP contribution < -0.4 is 25.6 Å². The lowest BCUT2D eigenvalue weighted by Gasteiger charge is -2.25. The Morgan fingerprint density at radius 3 is 2.26 bits per heavy atom. The number of nitrogens with two attached hydrogens (primary N) is 1. The van der Waals surface area contributed by atoms with Gasteiger partial charge in [-0.1, -0.05) is 12.1 Å². The molecule has 0 saturated carbocycles. The third-order valence-electron chi connectivity index (χ3n) is 4.47. The summed E-state index contributed by atoms with van der Waals surface area (Å²) in [7, 11) is -3.81. The first-order valence-electron chi connectivity index (χ1n) is 9.65. The van der Waals surface area contributed by atoms with E-state index >= 15 is 0 Å². The molecule has 0 amide bonds. The van der Waals surface area contributed by atoms with Gasteiger partial charge in [-0.25, -0.2) is 13.1 Å². The number of nitrogens with one attached hydrogen (secondary N) is 2. The Kier molecular flexibility index (Phi) is 10.0. The van der Waals surface area contributed by atoms with Gasteiger partial charge in [0.05, 0.1) is 10.9 Å². The lowest BCUT2D eigenvalue weighted by Crippen LogP contribution is -2.46. The van der Waals surface area contributed by atoms with Crippen molar-refractivity contribution in [3.8, 4) is 5.75 Å². The molecule has 0 unspecified atom stereocenters. The first-order valence-corrected chi connectivity index (χ1v) is 11.1. The van der Waals surface area contributed by atoms with E-state index in [0.717, 1.165) is 0 Å². The summed E-state index contributed by atoms with van der Waals surface area (Å²) in [6.45, 7) is 2.42. The second kappa shape index (κ2) is 11.8. The van der Waals surface area contributed by atoms with Gasteiger partial charge < -0.3 is 30.4 Å². The fourth-order valence-corrected chi connectivity index (χ4v) is 3.60. The molecule has 0 aliphatic rings. The lowest BCUT2D eigenvalue weighted by atomic mass is 10.0. The van der Waals surface area contributed by atoms with Crippen molar-refractivity contribution in [3.63, 3.8) is 0 Å². The van der Waals surface area contributed by atoms with Crippen LogP contribution in [-0.2, 0) is 37.3 Å². The maximum absolute atomic E-state index is 12.4. The molecule has 0 fully saturated rings. The number of carbonyl (C=O) groups excluding carboxylic acids is 2. The second-order valence-electron chi connectivity index (χ2n) is 7.54. The molecule has 0 radical (unpaired) electrons. The first-order chi connectivity index (χ1) is 15.3. The Labute approximate surface area is 202 Å². The third-order valence-corrected chi connectivity index (χ3v) is 5.95. The first kappa shape index (κ1) is 28.8. The van der Waals surface area contributed by atoms with Crippen LogP contribution in [0.25, 0.3) is 0 Å². The number of carbonyl (C=O) groups is 2. The molecule has 0 saturated heterocycles. The molecular weight excluding hydrogens is 490 g/mol. The largest absolute Gasteiger partial charge is 0.550 e. The van der Waals surface area contributed by atoms with Crippen LogP contribution >= 0.6 is 12.4 Å². The molecule has 34 heavy (non-hydrogen) atoms. The fourth-order valence-electron chi connectivity index (χ4n) is 2.57. The topological polar surface area (TPSA) is 195 Å². The van der Waals surface area contributed by atoms with Gasteiger partial charge in [-0.2, -0.15) is 4.89 Å². The van der Waals surface area contributed by atoms with Crippen LogP contribution in [0.1, 0.15) is 30.5 Å². The molecule has 0 atom stereocenters. The van der Waals surface area contributed by atoms with Crippen molar-refractivity contribution in [2.75, 3.05) is 6.54 Å². The van der Waals surface area contributed by atoms with Crippen LogP contribution in [0.3, 0.4) is 0 Å². The summed E-state index contributed by atoms with van der Waals surface area (Å²) in [5, 5.41) is 29.4. The highest BCUT2D eigenvalue weighted by molar-refractivity contribution is 7.89. The third kappa shape index (κ3) is 7.99. The monoisotopic (exact) mass is 513 g/mol. The number of aliphatic carboxylic acids is 2. The van der Waals surface area contributed by atoms with Gasteiger partial charge in [-0.3, -0.25) is 5.41 Å². The van der Waals surface area contributed by atoms with Crippen LogP contribution in [0.5, 0.6) is 5.75 Å². The maximum Gasteiger partial charge on any atom is 0.240 e. The highest BCUT2D eigenvalue weighted by Crippen LogP contribution is 2.23. The van der Waals surface area contributed by atoms with Crippen LogP contribution in [0.2, 0.25) is 0 Å². The molecule has 2 rings (SSSR count). The Bertz CT molecular complexity index is 1150. The van der Waals surface area contributed by atoms with E-state index in [2.05, 4.69) is 4.72 Å². The van der Waals surface area contributed by atoms with Crippen molar-refractivity contribution in [2.45, 2.75) is 37.2 Å². The Hall–Kier alpha value is -3.19. The molecule has 0 aromatic heterocycles. The van der Waals surface area contributed by atoms with Crippen LogP contribution in [0.4, 0.5) is 0 Å². The van der Waals surface area contributed by atoms with E-state index in [4.69, 9.17) is 20.9 Å². The van der Waals surface area contributed by atoms with E-state index in [1.807, 2.05) is 0 Å². The Balaban J connectivity index is 0.00000578. The van der Waals surface area contributed by atoms with E-state index in [-0.39, 0.29) is 47.4 Å². The number of hydrogen-bond donors (Lipinski definition) is 3. The zero-order valence-corrected chi connectivity index (χ0v) is 20.0. The van der Waals surface area contributed by atoms with Crippen molar-refractivity contribution in [1.29, 1.82) is 5.41 Å². The quantitative estimate of drug-likeness (QED) is 0.139. The minimum atomic E-state index is -3.81. The van der Waals surface area contributed by atoms with Gasteiger partial charge in [-0.15, -0.1) is 12.4 Å². The van der Waals surface area contributed by atoms with Gasteiger partial charge >= 0.3 is 0 Å². The second-order valence-corrected chi connectivity index (χ2v) is 9.31. The molecular formula is C21H24ClN3O8S-2. The summed E-state index contributed by atoms with van der Waals surface area (Å²) in [5.41, 5.74) is 4.72. The van der Waals surface area contributed by atoms with Crippen LogP contribution in [0.15, 0.2) is 47.4 Å². The number of hydrogen-bond acceptors (Lipinski definition) is 9. The average Bonchev–Trinajstić information content (AvgIpc) is 2.72. The Morgan fingerprint density at radius 2 is 1.74 bits per heavy atom. The van der Waals surface area contributed by atoms with E-state index in [1.165, 1.54) is 50.2 Å². The molecule has 11 nitrogen and oxygen atoms in total. The fraction of sp³-hybridized carbons (Fsp3) is 0.286. The SMILES string of the molecule is CC(C)(OOc1ccc(CCNS(=O)(=O)c2ccc(C(=N)N)cc2)cc1CC(=O)[O-])C(=O)[O-].Cl. The molecule has 0 spiro atoms. The normalized spacial score (nSPS) is 11.4. The smallest absolute Gasteiger partial charge is 0.240 e. The van der Waals surface area contributed by atoms with Crippen molar-refractivity contribution in [2.24, 2.45) is 5.73 Å². The van der Waals surface area contributed by atoms with Gasteiger partial charge in [-0.05, 0) is 56.2 Å². The molecule has 4 N–H and O–H groups in total. The number of carboxylic acid groups (broad SMARTS) is 2. The van der Waals surface area contributed by atoms with E-state index < -0.39 is 34.0 Å². The predicted molar refractivity (Wildman–Crippen MR) is 120 cm³/mol. The molecule has 13 heteroatoms. The van der Waals surface area contributed by atoms with E-state index in [9.17, 15) is 28.2 Å². The van der Waals surface area contributed by atoms with Crippen molar-refractivity contribution < 1.29 is 38.0 Å². The average molecular weight is 514 g/mol. The number of benzene rings is 2. The summed E-state index contributed by atoms with van der Waals surface area (Å²) < 4.78 is 27.3. The predicted octanol–water partition coefficient (Wildman–Crippen LogP) is -0.955. The highest BCUT2D eigenvalue weighted by Gasteiger charge is 2.23. The van der Waals surface area contributed by atoms with E-state index in [0.29, 0.717) is 11.1 Å². The van der Waals surface area contributed by atoms with Crippen molar-refractivity contribution in [1.82, 2.24) is 4.72 Å². The maximum atomic E-state index is 12.4. The lowest BCUT2D eigenvalue weighted by molar-refractivity contribution is -0.356. The Morgan fingerprint density at radius 1 is 1.12 bits per heavy atom. The molecule has 0 heterocycles. The zero-order valence-electron chi connectivity index (χ0n) is 18.3. The number of sulfonamides is 1. The molecule has 186 valence electrons. The van der Waals surface area contributed by atoms with Gasteiger partial charge in [0, 0.05) is 30.1 Å². The van der Waals surface area contributed by atoms with Crippen LogP contribution in [0, 0.1) is 5.41 Å². The van der Waals surface area contributed by atoms with E-state index in [1.54, 1.807) is 6.07 Å². The minimum Gasteiger partial charge on any atom is -0.550 e. The number of nitrogen functional groups attached to an aromatic ring is 1. The molecule has 0 bridgehead atoms. The zero-order chi connectivity index (χ0) is 24.8. The standard InChI is InChI=1S/C21H25N3O8S.ClH/c1-21(2,20(27)28)32-31-17-8-3-13(11-15(17)12-18(25)26)9-10-24-33(29,30)16-6-4-14(5-7-16)19(22)23;/h3-8,11,24H,9-10,12H2,1-2H3,(H3,22,23)(H,25,26)(H,27,28);1H/p-2. The number of amidine groups is 1. The van der Waals surface area contributed by atoms with Crippen molar-refractivity contribution in [3.05, 3.63) is 59.2 Å². The van der Waals surface area contributed by atoms with Gasteiger partial charge in [0.1, 0.15) is 11.4 Å². The molecule has 2 aromatic rings.